The first kappa shape index (κ1) is 18.1. The van der Waals surface area contributed by atoms with Crippen molar-refractivity contribution in [3.8, 4) is 0 Å². The third kappa shape index (κ3) is 10.1. The Bertz CT molecular complexity index is 401. The van der Waals surface area contributed by atoms with Crippen LogP contribution in [-0.4, -0.2) is 23.0 Å². The number of nitrogens with one attached hydrogen (secondary N) is 1. The molecule has 0 spiro atoms. The number of carbonyl (C=O) groups excluding carboxylic acids is 1. The molecule has 0 aliphatic rings. The first-order valence-corrected chi connectivity index (χ1v) is 6.59. The number of hydrogen-bond acceptors (Lipinski definition) is 3. The molecule has 1 amide bonds. The predicted molar refractivity (Wildman–Crippen MR) is 79.0 cm³/mol. The van der Waals surface area contributed by atoms with Gasteiger partial charge in [0, 0.05) is 13.5 Å². The van der Waals surface area contributed by atoms with E-state index in [1.165, 1.54) is 0 Å². The zero-order valence-electron chi connectivity index (χ0n) is 12.3. The Kier molecular flexibility index (Phi) is 9.04. The fourth-order valence-corrected chi connectivity index (χ4v) is 1.53. The van der Waals surface area contributed by atoms with Crippen molar-refractivity contribution in [2.75, 3.05) is 0 Å². The van der Waals surface area contributed by atoms with Crippen molar-refractivity contribution in [1.29, 1.82) is 0 Å². The van der Waals surface area contributed by atoms with Gasteiger partial charge in [-0.15, -0.1) is 0 Å². The minimum atomic E-state index is -0.833. The summed E-state index contributed by atoms with van der Waals surface area (Å²) < 4.78 is 0. The highest BCUT2D eigenvalue weighted by atomic mass is 16.4. The molecule has 0 fully saturated rings. The molecule has 0 radical (unpaired) electrons. The lowest BCUT2D eigenvalue weighted by Crippen LogP contribution is -2.40. The van der Waals surface area contributed by atoms with Crippen molar-refractivity contribution in [2.24, 2.45) is 11.7 Å². The summed E-state index contributed by atoms with van der Waals surface area (Å²) >= 11 is 0. The highest BCUT2D eigenvalue weighted by molar-refractivity contribution is 5.81. The molecular weight excluding hydrogens is 256 g/mol. The molecule has 0 aliphatic carbocycles. The lowest BCUT2D eigenvalue weighted by Gasteiger charge is -2.14. The van der Waals surface area contributed by atoms with Crippen molar-refractivity contribution in [3.05, 3.63) is 35.9 Å². The van der Waals surface area contributed by atoms with E-state index in [9.17, 15) is 4.79 Å². The molecule has 1 rings (SSSR count). The van der Waals surface area contributed by atoms with E-state index < -0.39 is 12.0 Å². The van der Waals surface area contributed by atoms with Crippen molar-refractivity contribution >= 4 is 11.9 Å². The van der Waals surface area contributed by atoms with E-state index in [1.54, 1.807) is 0 Å². The normalized spacial score (nSPS) is 11.2. The van der Waals surface area contributed by atoms with E-state index in [1.807, 2.05) is 30.3 Å². The van der Waals surface area contributed by atoms with Gasteiger partial charge in [-0.1, -0.05) is 44.2 Å². The summed E-state index contributed by atoms with van der Waals surface area (Å²) in [5.74, 6) is -0.463. The zero-order chi connectivity index (χ0) is 15.5. The predicted octanol–water partition coefficient (Wildman–Crippen LogP) is 1.77. The molecular formula is C15H24N2O3. The Labute approximate surface area is 120 Å². The summed E-state index contributed by atoms with van der Waals surface area (Å²) in [5, 5.41) is 10.3. The maximum Gasteiger partial charge on any atom is 0.300 e. The minimum Gasteiger partial charge on any atom is -0.481 e. The van der Waals surface area contributed by atoms with E-state index in [2.05, 4.69) is 19.2 Å². The molecule has 0 heterocycles. The topological polar surface area (TPSA) is 92.4 Å². The summed E-state index contributed by atoms with van der Waals surface area (Å²) in [6.07, 6.45) is 0.723. The largest absolute Gasteiger partial charge is 0.481 e. The monoisotopic (exact) mass is 280 g/mol. The van der Waals surface area contributed by atoms with Crippen LogP contribution in [0.1, 0.15) is 32.8 Å². The molecule has 0 bridgehead atoms. The smallest absolute Gasteiger partial charge is 0.300 e. The molecule has 0 saturated heterocycles. The van der Waals surface area contributed by atoms with Crippen LogP contribution in [0.2, 0.25) is 0 Å². The average Bonchev–Trinajstić information content (AvgIpc) is 2.35. The summed E-state index contributed by atoms with van der Waals surface area (Å²) in [4.78, 5) is 20.6. The van der Waals surface area contributed by atoms with Gasteiger partial charge in [-0.25, -0.2) is 0 Å². The number of amides is 1. The van der Waals surface area contributed by atoms with Gasteiger partial charge in [-0.2, -0.15) is 0 Å². The number of carboxylic acids is 1. The van der Waals surface area contributed by atoms with Crippen LogP contribution in [-0.2, 0) is 16.1 Å². The van der Waals surface area contributed by atoms with Crippen LogP contribution < -0.4 is 11.1 Å². The molecule has 0 saturated carbocycles. The molecule has 112 valence electrons. The van der Waals surface area contributed by atoms with E-state index >= 15 is 0 Å². The van der Waals surface area contributed by atoms with Gasteiger partial charge >= 0.3 is 0 Å². The van der Waals surface area contributed by atoms with Gasteiger partial charge < -0.3 is 16.2 Å². The Hall–Kier alpha value is -1.88. The summed E-state index contributed by atoms with van der Waals surface area (Å²) in [7, 11) is 0. The molecule has 1 atom stereocenters. The van der Waals surface area contributed by atoms with Crippen molar-refractivity contribution < 1.29 is 14.7 Å². The van der Waals surface area contributed by atoms with Gasteiger partial charge in [0.25, 0.3) is 5.97 Å². The maximum atomic E-state index is 11.6. The first-order chi connectivity index (χ1) is 9.32. The Balaban J connectivity index is 0.000000796. The fourth-order valence-electron chi connectivity index (χ4n) is 1.53. The molecule has 0 aromatic heterocycles. The number of benzene rings is 1. The summed E-state index contributed by atoms with van der Waals surface area (Å²) in [6, 6.07) is 9.42. The van der Waals surface area contributed by atoms with Gasteiger partial charge in [0.1, 0.15) is 0 Å². The minimum absolute atomic E-state index is 0.0717. The van der Waals surface area contributed by atoms with Gasteiger partial charge in [-0.05, 0) is 17.9 Å². The van der Waals surface area contributed by atoms with Gasteiger partial charge in [0.15, 0.2) is 0 Å². The van der Waals surface area contributed by atoms with E-state index in [4.69, 9.17) is 15.6 Å². The third-order valence-corrected chi connectivity index (χ3v) is 2.37. The second-order valence-electron chi connectivity index (χ2n) is 4.96. The maximum absolute atomic E-state index is 11.6. The quantitative estimate of drug-likeness (QED) is 0.766. The Morgan fingerprint density at radius 1 is 1.25 bits per heavy atom. The molecule has 5 heteroatoms. The standard InChI is InChI=1S/C13H20N2O.C2H4O2/c1-10(2)8-12(14)13(16)15-9-11-6-4-3-5-7-11;1-2(3)4/h3-7,10,12H,8-9,14H2,1-2H3,(H,15,16);1H3,(H,3,4)/t12-;/m0./s1. The number of nitrogens with two attached hydrogens (primary N) is 1. The molecule has 0 unspecified atom stereocenters. The molecule has 0 aliphatic heterocycles. The Morgan fingerprint density at radius 2 is 1.75 bits per heavy atom. The zero-order valence-corrected chi connectivity index (χ0v) is 12.3. The lowest BCUT2D eigenvalue weighted by atomic mass is 10.0. The summed E-state index contributed by atoms with van der Waals surface area (Å²) in [5.41, 5.74) is 6.86. The van der Waals surface area contributed by atoms with E-state index in [-0.39, 0.29) is 5.91 Å². The summed E-state index contributed by atoms with van der Waals surface area (Å²) in [6.45, 7) is 5.75. The van der Waals surface area contributed by atoms with E-state index in [0.717, 1.165) is 18.9 Å². The fraction of sp³-hybridized carbons (Fsp3) is 0.467. The average molecular weight is 280 g/mol. The molecule has 1 aromatic rings. The number of carbonyl (C=O) groups is 2. The number of rotatable bonds is 5. The highest BCUT2D eigenvalue weighted by Gasteiger charge is 2.13. The number of hydrogen-bond donors (Lipinski definition) is 3. The van der Waals surface area contributed by atoms with Gasteiger partial charge in [-0.3, -0.25) is 9.59 Å². The van der Waals surface area contributed by atoms with Crippen molar-refractivity contribution in [3.63, 3.8) is 0 Å². The highest BCUT2D eigenvalue weighted by Crippen LogP contribution is 2.03. The van der Waals surface area contributed by atoms with Crippen molar-refractivity contribution in [1.82, 2.24) is 5.32 Å². The SMILES string of the molecule is CC(=O)O.CC(C)C[C@H](N)C(=O)NCc1ccccc1. The van der Waals surface area contributed by atoms with Crippen LogP contribution in [0.5, 0.6) is 0 Å². The van der Waals surface area contributed by atoms with Crippen LogP contribution in [0.4, 0.5) is 0 Å². The first-order valence-electron chi connectivity index (χ1n) is 6.59. The second kappa shape index (κ2) is 9.97. The molecule has 20 heavy (non-hydrogen) atoms. The molecule has 4 N–H and O–H groups in total. The van der Waals surface area contributed by atoms with Crippen molar-refractivity contribution in [2.45, 2.75) is 39.8 Å². The van der Waals surface area contributed by atoms with Crippen LogP contribution in [0, 0.1) is 5.92 Å². The second-order valence-corrected chi connectivity index (χ2v) is 4.96. The van der Waals surface area contributed by atoms with E-state index in [0.29, 0.717) is 12.5 Å². The molecule has 5 nitrogen and oxygen atoms in total. The van der Waals surface area contributed by atoms with Gasteiger partial charge in [0.05, 0.1) is 6.04 Å². The third-order valence-electron chi connectivity index (χ3n) is 2.37. The van der Waals surface area contributed by atoms with Gasteiger partial charge in [0.2, 0.25) is 5.91 Å². The number of aliphatic carboxylic acids is 1. The molecule has 1 aromatic carbocycles. The van der Waals surface area contributed by atoms with Crippen LogP contribution in [0.25, 0.3) is 0 Å². The Morgan fingerprint density at radius 3 is 2.20 bits per heavy atom. The van der Waals surface area contributed by atoms with Crippen LogP contribution in [0.15, 0.2) is 30.3 Å². The van der Waals surface area contributed by atoms with Crippen LogP contribution >= 0.6 is 0 Å². The lowest BCUT2D eigenvalue weighted by molar-refractivity contribution is -0.134. The van der Waals surface area contributed by atoms with Crippen LogP contribution in [0.3, 0.4) is 0 Å². The number of carboxylic acid groups (broad SMARTS) is 1.